The zero-order valence-corrected chi connectivity index (χ0v) is 13.0. The van der Waals surface area contributed by atoms with Gasteiger partial charge in [-0.15, -0.1) is 10.2 Å². The predicted molar refractivity (Wildman–Crippen MR) is 83.1 cm³/mol. The minimum Gasteiger partial charge on any atom is -0.352 e. The van der Waals surface area contributed by atoms with Crippen LogP contribution in [0.3, 0.4) is 0 Å². The van der Waals surface area contributed by atoms with Gasteiger partial charge in [-0.25, -0.2) is 0 Å². The molecule has 0 aliphatic heterocycles. The first kappa shape index (κ1) is 13.8. The van der Waals surface area contributed by atoms with Gasteiger partial charge >= 0.3 is 0 Å². The molecule has 1 unspecified atom stereocenters. The van der Waals surface area contributed by atoms with Gasteiger partial charge in [-0.05, 0) is 44.5 Å². The highest BCUT2D eigenvalue weighted by molar-refractivity contribution is 5.37. The fraction of sp³-hybridized carbons (Fsp3) is 0.375. The van der Waals surface area contributed by atoms with Gasteiger partial charge < -0.3 is 9.88 Å². The summed E-state index contributed by atoms with van der Waals surface area (Å²) in [7, 11) is 2.10. The van der Waals surface area contributed by atoms with E-state index in [1.54, 1.807) is 0 Å². The zero-order valence-electron chi connectivity index (χ0n) is 13.0. The number of fused-ring (bicyclic) bond motifs is 1. The van der Waals surface area contributed by atoms with Crippen LogP contribution in [0.25, 0.3) is 5.65 Å². The van der Waals surface area contributed by atoms with Crippen LogP contribution < -0.4 is 5.32 Å². The quantitative estimate of drug-likeness (QED) is 0.800. The third-order valence-electron chi connectivity index (χ3n) is 4.21. The fourth-order valence-electron chi connectivity index (χ4n) is 2.62. The molecule has 0 saturated carbocycles. The van der Waals surface area contributed by atoms with Crippen LogP contribution in [-0.4, -0.2) is 19.2 Å². The average Bonchev–Trinajstić information content (AvgIpc) is 3.02. The maximum absolute atomic E-state index is 4.30. The molecular formula is C16H21N5. The fourth-order valence-corrected chi connectivity index (χ4v) is 2.62. The van der Waals surface area contributed by atoms with Crippen molar-refractivity contribution in [2.75, 3.05) is 0 Å². The van der Waals surface area contributed by atoms with Crippen LogP contribution >= 0.6 is 0 Å². The third kappa shape index (κ3) is 2.45. The molecule has 0 aromatic carbocycles. The number of rotatable bonds is 4. The number of hydrogen-bond acceptors (Lipinski definition) is 3. The first-order valence-electron chi connectivity index (χ1n) is 7.22. The van der Waals surface area contributed by atoms with E-state index in [1.165, 1.54) is 17.0 Å². The van der Waals surface area contributed by atoms with Crippen LogP contribution in [0.1, 0.15) is 35.7 Å². The Hall–Kier alpha value is -2.14. The Kier molecular flexibility index (Phi) is 3.51. The van der Waals surface area contributed by atoms with E-state index in [0.29, 0.717) is 0 Å². The molecule has 0 fully saturated rings. The Labute approximate surface area is 124 Å². The molecule has 0 bridgehead atoms. The lowest BCUT2D eigenvalue weighted by Crippen LogP contribution is -2.20. The highest BCUT2D eigenvalue weighted by Gasteiger charge is 2.14. The molecule has 3 aromatic rings. The van der Waals surface area contributed by atoms with Gasteiger partial charge in [0.1, 0.15) is 0 Å². The van der Waals surface area contributed by atoms with Crippen LogP contribution in [0.2, 0.25) is 0 Å². The van der Waals surface area contributed by atoms with Crippen molar-refractivity contribution >= 4 is 5.65 Å². The maximum atomic E-state index is 4.30. The molecule has 0 radical (unpaired) electrons. The minimum atomic E-state index is 0.141. The first-order chi connectivity index (χ1) is 10.1. The molecule has 0 amide bonds. The topological polar surface area (TPSA) is 47.1 Å². The van der Waals surface area contributed by atoms with Gasteiger partial charge in [0.25, 0.3) is 0 Å². The molecular weight excluding hydrogens is 262 g/mol. The van der Waals surface area contributed by atoms with Gasteiger partial charge in [0, 0.05) is 31.2 Å². The van der Waals surface area contributed by atoms with E-state index >= 15 is 0 Å². The molecule has 110 valence electrons. The molecule has 3 aromatic heterocycles. The summed E-state index contributed by atoms with van der Waals surface area (Å²) >= 11 is 0. The summed E-state index contributed by atoms with van der Waals surface area (Å²) < 4.78 is 4.24. The van der Waals surface area contributed by atoms with Gasteiger partial charge in [-0.1, -0.05) is 6.07 Å². The minimum absolute atomic E-state index is 0.141. The summed E-state index contributed by atoms with van der Waals surface area (Å²) in [5.74, 6) is 0.941. The Morgan fingerprint density at radius 3 is 2.76 bits per heavy atom. The van der Waals surface area contributed by atoms with Crippen molar-refractivity contribution in [1.29, 1.82) is 0 Å². The summed E-state index contributed by atoms with van der Waals surface area (Å²) in [5, 5.41) is 12.0. The molecule has 1 N–H and O–H groups in total. The van der Waals surface area contributed by atoms with Crippen molar-refractivity contribution in [1.82, 2.24) is 24.5 Å². The molecule has 0 saturated heterocycles. The lowest BCUT2D eigenvalue weighted by Gasteiger charge is -2.12. The van der Waals surface area contributed by atoms with Gasteiger partial charge in [0.15, 0.2) is 11.5 Å². The van der Waals surface area contributed by atoms with Crippen molar-refractivity contribution in [2.24, 2.45) is 7.05 Å². The number of aromatic nitrogens is 4. The SMILES string of the molecule is Cc1cc(CNC(C)c2nnc3ccccn23)c(C)n1C. The van der Waals surface area contributed by atoms with Crippen LogP contribution in [0.4, 0.5) is 0 Å². The highest BCUT2D eigenvalue weighted by Crippen LogP contribution is 2.16. The van der Waals surface area contributed by atoms with E-state index in [1.807, 2.05) is 28.8 Å². The van der Waals surface area contributed by atoms with Crippen molar-refractivity contribution < 1.29 is 0 Å². The van der Waals surface area contributed by atoms with E-state index in [-0.39, 0.29) is 6.04 Å². The molecule has 5 nitrogen and oxygen atoms in total. The van der Waals surface area contributed by atoms with Crippen LogP contribution in [-0.2, 0) is 13.6 Å². The van der Waals surface area contributed by atoms with Gasteiger partial charge in [0.2, 0.25) is 0 Å². The number of pyridine rings is 1. The van der Waals surface area contributed by atoms with Crippen molar-refractivity contribution in [2.45, 2.75) is 33.4 Å². The van der Waals surface area contributed by atoms with E-state index in [2.05, 4.69) is 54.0 Å². The van der Waals surface area contributed by atoms with Crippen LogP contribution in [0.15, 0.2) is 30.5 Å². The van der Waals surface area contributed by atoms with Gasteiger partial charge in [-0.2, -0.15) is 0 Å². The Balaban J connectivity index is 1.77. The summed E-state index contributed by atoms with van der Waals surface area (Å²) in [5.41, 5.74) is 4.80. The lowest BCUT2D eigenvalue weighted by atomic mass is 10.2. The van der Waals surface area contributed by atoms with E-state index in [9.17, 15) is 0 Å². The number of aryl methyl sites for hydroxylation is 1. The van der Waals surface area contributed by atoms with Crippen LogP contribution in [0, 0.1) is 13.8 Å². The van der Waals surface area contributed by atoms with E-state index < -0.39 is 0 Å². The van der Waals surface area contributed by atoms with Crippen molar-refractivity contribution in [3.05, 3.63) is 53.2 Å². The zero-order chi connectivity index (χ0) is 15.0. The maximum Gasteiger partial charge on any atom is 0.160 e. The second kappa shape index (κ2) is 5.33. The molecule has 3 heterocycles. The molecule has 5 heteroatoms. The Bertz CT molecular complexity index is 768. The molecule has 0 aliphatic carbocycles. The molecule has 0 aliphatic rings. The number of hydrogen-bond donors (Lipinski definition) is 1. The van der Waals surface area contributed by atoms with Crippen molar-refractivity contribution in [3.63, 3.8) is 0 Å². The lowest BCUT2D eigenvalue weighted by molar-refractivity contribution is 0.540. The summed E-state index contributed by atoms with van der Waals surface area (Å²) in [4.78, 5) is 0. The smallest absolute Gasteiger partial charge is 0.160 e. The second-order valence-electron chi connectivity index (χ2n) is 5.55. The predicted octanol–water partition coefficient (Wildman–Crippen LogP) is 2.54. The second-order valence-corrected chi connectivity index (χ2v) is 5.55. The van der Waals surface area contributed by atoms with Crippen molar-refractivity contribution in [3.8, 4) is 0 Å². The van der Waals surface area contributed by atoms with Crippen LogP contribution in [0.5, 0.6) is 0 Å². The van der Waals surface area contributed by atoms with Gasteiger partial charge in [0.05, 0.1) is 6.04 Å². The summed E-state index contributed by atoms with van der Waals surface area (Å²) in [6.07, 6.45) is 2.00. The summed E-state index contributed by atoms with van der Waals surface area (Å²) in [6, 6.07) is 8.31. The molecule has 0 spiro atoms. The highest BCUT2D eigenvalue weighted by atomic mass is 15.3. The Morgan fingerprint density at radius 1 is 1.24 bits per heavy atom. The standard InChI is InChI=1S/C16H21N5/c1-11-9-14(13(3)20(11)4)10-17-12(2)16-19-18-15-7-5-6-8-21(15)16/h5-9,12,17H,10H2,1-4H3. The van der Waals surface area contributed by atoms with E-state index in [4.69, 9.17) is 0 Å². The monoisotopic (exact) mass is 283 g/mol. The van der Waals surface area contributed by atoms with E-state index in [0.717, 1.165) is 18.0 Å². The average molecular weight is 283 g/mol. The number of nitrogens with zero attached hydrogens (tertiary/aromatic N) is 4. The Morgan fingerprint density at radius 2 is 2.05 bits per heavy atom. The normalized spacial score (nSPS) is 13.0. The molecule has 1 atom stereocenters. The molecule has 3 rings (SSSR count). The molecule has 21 heavy (non-hydrogen) atoms. The van der Waals surface area contributed by atoms with Gasteiger partial charge in [-0.3, -0.25) is 4.40 Å². The largest absolute Gasteiger partial charge is 0.352 e. The first-order valence-corrected chi connectivity index (χ1v) is 7.22. The number of nitrogens with one attached hydrogen (secondary N) is 1. The third-order valence-corrected chi connectivity index (χ3v) is 4.21. The summed E-state index contributed by atoms with van der Waals surface area (Å²) in [6.45, 7) is 7.23.